The summed E-state index contributed by atoms with van der Waals surface area (Å²) in [5, 5.41) is 2.96. The van der Waals surface area contributed by atoms with Gasteiger partial charge in [0.05, 0.1) is 12.3 Å². The van der Waals surface area contributed by atoms with E-state index in [4.69, 9.17) is 4.74 Å². The number of sulfonamides is 1. The molecular formula is C15H24N2O3S. The van der Waals surface area contributed by atoms with Crippen molar-refractivity contribution in [3.63, 3.8) is 0 Å². The molecule has 0 radical (unpaired) electrons. The van der Waals surface area contributed by atoms with Crippen LogP contribution in [0.15, 0.2) is 29.2 Å². The maximum absolute atomic E-state index is 13.0. The van der Waals surface area contributed by atoms with Gasteiger partial charge < -0.3 is 10.1 Å². The van der Waals surface area contributed by atoms with Crippen molar-refractivity contribution in [1.29, 1.82) is 0 Å². The van der Waals surface area contributed by atoms with Gasteiger partial charge in [0.25, 0.3) is 0 Å². The van der Waals surface area contributed by atoms with Crippen LogP contribution in [0.3, 0.4) is 0 Å². The predicted octanol–water partition coefficient (Wildman–Crippen LogP) is 2.16. The van der Waals surface area contributed by atoms with Crippen LogP contribution in [0.1, 0.15) is 19.8 Å². The number of anilines is 1. The first-order chi connectivity index (χ1) is 10.0. The fourth-order valence-corrected chi connectivity index (χ4v) is 4.44. The molecule has 0 saturated heterocycles. The molecule has 0 spiro atoms. The van der Waals surface area contributed by atoms with Crippen LogP contribution >= 0.6 is 0 Å². The minimum atomic E-state index is -3.53. The fraction of sp³-hybridized carbons (Fsp3) is 0.600. The molecule has 0 amide bonds. The molecule has 21 heavy (non-hydrogen) atoms. The number of hydrogen-bond donors (Lipinski definition) is 1. The third-order valence-corrected chi connectivity index (χ3v) is 6.06. The summed E-state index contributed by atoms with van der Waals surface area (Å²) in [4.78, 5) is 0.330. The summed E-state index contributed by atoms with van der Waals surface area (Å²) in [6, 6.07) is 7.03. The van der Waals surface area contributed by atoms with E-state index in [9.17, 15) is 8.42 Å². The van der Waals surface area contributed by atoms with Crippen LogP contribution in [0, 0.1) is 5.92 Å². The molecule has 1 N–H and O–H groups in total. The van der Waals surface area contributed by atoms with E-state index in [1.54, 1.807) is 36.7 Å². The topological polar surface area (TPSA) is 58.6 Å². The summed E-state index contributed by atoms with van der Waals surface area (Å²) >= 11 is 0. The molecule has 1 aliphatic rings. The Bertz CT molecular complexity index is 570. The number of rotatable bonds is 8. The highest BCUT2D eigenvalue weighted by molar-refractivity contribution is 7.89. The fourth-order valence-electron chi connectivity index (χ4n) is 2.56. The molecular weight excluding hydrogens is 288 g/mol. The second-order valence-electron chi connectivity index (χ2n) is 5.43. The molecule has 0 aliphatic heterocycles. The first-order valence-electron chi connectivity index (χ1n) is 7.30. The molecule has 1 atom stereocenters. The Balaban J connectivity index is 2.35. The number of ether oxygens (including phenoxy) is 1. The number of nitrogens with zero attached hydrogens (tertiary/aromatic N) is 1. The Morgan fingerprint density at radius 1 is 1.38 bits per heavy atom. The van der Waals surface area contributed by atoms with Gasteiger partial charge in [-0.25, -0.2) is 8.42 Å². The second-order valence-corrected chi connectivity index (χ2v) is 7.29. The van der Waals surface area contributed by atoms with E-state index < -0.39 is 10.0 Å². The molecule has 118 valence electrons. The van der Waals surface area contributed by atoms with Gasteiger partial charge >= 0.3 is 0 Å². The van der Waals surface area contributed by atoms with E-state index in [1.807, 2.05) is 13.0 Å². The van der Waals surface area contributed by atoms with Gasteiger partial charge in [0.2, 0.25) is 10.0 Å². The van der Waals surface area contributed by atoms with Crippen molar-refractivity contribution in [2.75, 3.05) is 32.6 Å². The molecule has 5 nitrogen and oxygen atoms in total. The van der Waals surface area contributed by atoms with Crippen molar-refractivity contribution in [3.8, 4) is 0 Å². The highest BCUT2D eigenvalue weighted by Gasteiger charge is 2.38. The highest BCUT2D eigenvalue weighted by atomic mass is 32.2. The van der Waals surface area contributed by atoms with Crippen LogP contribution in [0.4, 0.5) is 5.69 Å². The van der Waals surface area contributed by atoms with Gasteiger partial charge in [0.1, 0.15) is 4.90 Å². The lowest BCUT2D eigenvalue weighted by Gasteiger charge is -2.29. The number of benzene rings is 1. The number of para-hydroxylation sites is 1. The predicted molar refractivity (Wildman–Crippen MR) is 83.9 cm³/mol. The van der Waals surface area contributed by atoms with Gasteiger partial charge in [-0.2, -0.15) is 4.31 Å². The average Bonchev–Trinajstić information content (AvgIpc) is 3.31. The smallest absolute Gasteiger partial charge is 0.245 e. The lowest BCUT2D eigenvalue weighted by atomic mass is 10.2. The third kappa shape index (κ3) is 3.56. The lowest BCUT2D eigenvalue weighted by molar-refractivity contribution is 0.164. The second kappa shape index (κ2) is 6.77. The average molecular weight is 312 g/mol. The summed E-state index contributed by atoms with van der Waals surface area (Å²) in [6.45, 7) is 2.78. The molecule has 1 aromatic carbocycles. The Hall–Kier alpha value is -1.11. The van der Waals surface area contributed by atoms with E-state index in [-0.39, 0.29) is 6.04 Å². The van der Waals surface area contributed by atoms with Crippen LogP contribution in [0.25, 0.3) is 0 Å². The first-order valence-corrected chi connectivity index (χ1v) is 8.74. The Labute approximate surface area is 127 Å². The van der Waals surface area contributed by atoms with Gasteiger partial charge in [-0.15, -0.1) is 0 Å². The molecule has 1 aliphatic carbocycles. The van der Waals surface area contributed by atoms with Gasteiger partial charge in [-0.05, 0) is 37.8 Å². The summed E-state index contributed by atoms with van der Waals surface area (Å²) in [7, 11) is -0.204. The van der Waals surface area contributed by atoms with Gasteiger partial charge in [0.15, 0.2) is 0 Å². The molecule has 1 fully saturated rings. The van der Waals surface area contributed by atoms with Crippen molar-refractivity contribution < 1.29 is 13.2 Å². The normalized spacial score (nSPS) is 17.0. The minimum Gasteiger partial charge on any atom is -0.387 e. The summed E-state index contributed by atoms with van der Waals surface area (Å²) in [5.74, 6) is 0.471. The maximum Gasteiger partial charge on any atom is 0.245 e. The zero-order valence-corrected chi connectivity index (χ0v) is 13.7. The SMILES string of the molecule is CNc1ccccc1S(=O)(=O)N(CCOC)C(C)C1CC1. The molecule has 0 bridgehead atoms. The Kier molecular flexibility index (Phi) is 5.24. The molecule has 2 rings (SSSR count). The van der Waals surface area contributed by atoms with Crippen LogP contribution in [0.2, 0.25) is 0 Å². The highest BCUT2D eigenvalue weighted by Crippen LogP contribution is 2.37. The van der Waals surface area contributed by atoms with Gasteiger partial charge in [-0.1, -0.05) is 12.1 Å². The minimum absolute atomic E-state index is 0.00932. The summed E-state index contributed by atoms with van der Waals surface area (Å²) in [5.41, 5.74) is 0.628. The third-order valence-electron chi connectivity index (χ3n) is 4.02. The zero-order valence-electron chi connectivity index (χ0n) is 12.9. The van der Waals surface area contributed by atoms with Gasteiger partial charge in [-0.3, -0.25) is 0 Å². The van der Waals surface area contributed by atoms with Crippen LogP contribution in [-0.4, -0.2) is 46.1 Å². The number of nitrogens with one attached hydrogen (secondary N) is 1. The Morgan fingerprint density at radius 3 is 2.62 bits per heavy atom. The van der Waals surface area contributed by atoms with Crippen molar-refractivity contribution in [2.45, 2.75) is 30.7 Å². The standard InChI is InChI=1S/C15H24N2O3S/c1-12(13-8-9-13)17(10-11-20-3)21(18,19)15-7-5-4-6-14(15)16-2/h4-7,12-13,16H,8-11H2,1-3H3. The van der Waals surface area contributed by atoms with Crippen molar-refractivity contribution >= 4 is 15.7 Å². The number of hydrogen-bond acceptors (Lipinski definition) is 4. The zero-order chi connectivity index (χ0) is 15.5. The van der Waals surface area contributed by atoms with Crippen molar-refractivity contribution in [3.05, 3.63) is 24.3 Å². The molecule has 1 unspecified atom stereocenters. The van der Waals surface area contributed by atoms with E-state index in [2.05, 4.69) is 5.32 Å². The van der Waals surface area contributed by atoms with E-state index in [0.29, 0.717) is 29.7 Å². The van der Waals surface area contributed by atoms with E-state index in [1.165, 1.54) is 0 Å². The van der Waals surface area contributed by atoms with Crippen molar-refractivity contribution in [1.82, 2.24) is 4.31 Å². The summed E-state index contributed by atoms with van der Waals surface area (Å²) < 4.78 is 32.7. The Morgan fingerprint density at radius 2 is 2.05 bits per heavy atom. The quantitative estimate of drug-likeness (QED) is 0.799. The summed E-state index contributed by atoms with van der Waals surface area (Å²) in [6.07, 6.45) is 2.21. The van der Waals surface area contributed by atoms with Crippen molar-refractivity contribution in [2.24, 2.45) is 5.92 Å². The molecule has 1 aromatic rings. The van der Waals surface area contributed by atoms with Crippen LogP contribution in [0.5, 0.6) is 0 Å². The largest absolute Gasteiger partial charge is 0.387 e. The number of methoxy groups -OCH3 is 1. The maximum atomic E-state index is 13.0. The molecule has 6 heteroatoms. The van der Waals surface area contributed by atoms with Crippen LogP contribution in [-0.2, 0) is 14.8 Å². The van der Waals surface area contributed by atoms with E-state index in [0.717, 1.165) is 12.8 Å². The molecule has 1 saturated carbocycles. The molecule has 0 heterocycles. The molecule has 0 aromatic heterocycles. The first kappa shape index (κ1) is 16.3. The van der Waals surface area contributed by atoms with Gasteiger partial charge in [0, 0.05) is 26.7 Å². The van der Waals surface area contributed by atoms with Crippen LogP contribution < -0.4 is 5.32 Å². The monoisotopic (exact) mass is 312 g/mol. The van der Waals surface area contributed by atoms with E-state index >= 15 is 0 Å². The lowest BCUT2D eigenvalue weighted by Crippen LogP contribution is -2.42.